The van der Waals surface area contributed by atoms with Crippen LogP contribution < -0.4 is 10.1 Å². The molecule has 1 amide bonds. The standard InChI is InChI=1S/C19H20N6O2/c1-13-5-6-17(27-3)16(11-13)24-10-7-15(23-24)19(26)21-18-12-14(2)22-25(18)9-4-8-20/h5-7,10-12H,4,9H2,1-3H3,(H,21,26). The number of nitrogens with zero attached hydrogens (tertiary/aromatic N) is 5. The van der Waals surface area contributed by atoms with Crippen molar-refractivity contribution in [2.75, 3.05) is 12.4 Å². The normalized spacial score (nSPS) is 10.4. The van der Waals surface area contributed by atoms with Crippen LogP contribution >= 0.6 is 0 Å². The van der Waals surface area contributed by atoms with Gasteiger partial charge in [-0.3, -0.25) is 4.79 Å². The Hall–Kier alpha value is -3.60. The monoisotopic (exact) mass is 364 g/mol. The van der Waals surface area contributed by atoms with Gasteiger partial charge in [0, 0.05) is 12.3 Å². The van der Waals surface area contributed by atoms with Crippen LogP contribution in [0.4, 0.5) is 5.82 Å². The number of carbonyl (C=O) groups is 1. The number of amides is 1. The molecule has 0 aliphatic carbocycles. The molecule has 0 saturated heterocycles. The molecule has 2 heterocycles. The Morgan fingerprint density at radius 3 is 2.81 bits per heavy atom. The summed E-state index contributed by atoms with van der Waals surface area (Å²) in [4.78, 5) is 12.6. The van der Waals surface area contributed by atoms with Crippen LogP contribution in [-0.2, 0) is 6.54 Å². The van der Waals surface area contributed by atoms with E-state index in [0.29, 0.717) is 24.5 Å². The first-order valence-corrected chi connectivity index (χ1v) is 8.45. The van der Waals surface area contributed by atoms with Crippen LogP contribution in [0, 0.1) is 25.2 Å². The number of hydrogen-bond donors (Lipinski definition) is 1. The highest BCUT2D eigenvalue weighted by molar-refractivity contribution is 6.02. The van der Waals surface area contributed by atoms with Crippen LogP contribution in [0.25, 0.3) is 5.69 Å². The molecule has 0 fully saturated rings. The first-order valence-electron chi connectivity index (χ1n) is 8.45. The average molecular weight is 364 g/mol. The number of nitrogens with one attached hydrogen (secondary N) is 1. The van der Waals surface area contributed by atoms with Gasteiger partial charge in [0.1, 0.15) is 17.3 Å². The third-order valence-electron chi connectivity index (χ3n) is 3.98. The summed E-state index contributed by atoms with van der Waals surface area (Å²) in [7, 11) is 1.59. The fourth-order valence-corrected chi connectivity index (χ4v) is 2.71. The maximum absolute atomic E-state index is 12.6. The van der Waals surface area contributed by atoms with E-state index >= 15 is 0 Å². The van der Waals surface area contributed by atoms with E-state index in [9.17, 15) is 4.79 Å². The fourth-order valence-electron chi connectivity index (χ4n) is 2.71. The highest BCUT2D eigenvalue weighted by atomic mass is 16.5. The van der Waals surface area contributed by atoms with E-state index in [1.165, 1.54) is 0 Å². The molecule has 1 aromatic carbocycles. The minimum absolute atomic E-state index is 0.268. The summed E-state index contributed by atoms with van der Waals surface area (Å²) in [6.45, 7) is 4.22. The fraction of sp³-hybridized carbons (Fsp3) is 0.263. The molecular weight excluding hydrogens is 344 g/mol. The minimum atomic E-state index is -0.349. The van der Waals surface area contributed by atoms with Gasteiger partial charge in [0.15, 0.2) is 5.69 Å². The van der Waals surface area contributed by atoms with Gasteiger partial charge in [-0.1, -0.05) is 6.07 Å². The van der Waals surface area contributed by atoms with Crippen molar-refractivity contribution >= 4 is 11.7 Å². The molecule has 0 radical (unpaired) electrons. The lowest BCUT2D eigenvalue weighted by Crippen LogP contribution is -2.16. The summed E-state index contributed by atoms with van der Waals surface area (Å²) < 4.78 is 8.60. The topological polar surface area (TPSA) is 97.8 Å². The molecule has 0 unspecified atom stereocenters. The molecule has 0 saturated carbocycles. The van der Waals surface area contributed by atoms with Gasteiger partial charge in [0.25, 0.3) is 5.91 Å². The van der Waals surface area contributed by atoms with Crippen LogP contribution in [0.15, 0.2) is 36.5 Å². The van der Waals surface area contributed by atoms with Crippen molar-refractivity contribution in [1.82, 2.24) is 19.6 Å². The molecule has 0 spiro atoms. The zero-order valence-corrected chi connectivity index (χ0v) is 15.4. The van der Waals surface area contributed by atoms with Crippen molar-refractivity contribution in [2.24, 2.45) is 0 Å². The molecule has 3 rings (SSSR count). The van der Waals surface area contributed by atoms with Crippen molar-refractivity contribution in [1.29, 1.82) is 5.26 Å². The predicted octanol–water partition coefficient (Wildman–Crippen LogP) is 2.86. The van der Waals surface area contributed by atoms with Crippen LogP contribution in [0.1, 0.15) is 28.2 Å². The van der Waals surface area contributed by atoms with Gasteiger partial charge in [-0.05, 0) is 37.6 Å². The smallest absolute Gasteiger partial charge is 0.277 e. The van der Waals surface area contributed by atoms with Crippen molar-refractivity contribution in [3.8, 4) is 17.5 Å². The third-order valence-corrected chi connectivity index (χ3v) is 3.98. The lowest BCUT2D eigenvalue weighted by atomic mass is 10.2. The second-order valence-electron chi connectivity index (χ2n) is 6.08. The van der Waals surface area contributed by atoms with Crippen molar-refractivity contribution in [3.05, 3.63) is 53.5 Å². The maximum Gasteiger partial charge on any atom is 0.277 e. The third kappa shape index (κ3) is 3.98. The number of carbonyl (C=O) groups excluding carboxylic acids is 1. The Bertz CT molecular complexity index is 1010. The van der Waals surface area contributed by atoms with Gasteiger partial charge in [-0.2, -0.15) is 15.5 Å². The highest BCUT2D eigenvalue weighted by Gasteiger charge is 2.15. The summed E-state index contributed by atoms with van der Waals surface area (Å²) in [5.41, 5.74) is 2.85. The Morgan fingerprint density at radius 1 is 1.26 bits per heavy atom. The van der Waals surface area contributed by atoms with E-state index in [4.69, 9.17) is 10.00 Å². The molecule has 8 nitrogen and oxygen atoms in total. The van der Waals surface area contributed by atoms with Crippen LogP contribution in [0.5, 0.6) is 5.75 Å². The van der Waals surface area contributed by atoms with Gasteiger partial charge in [0.2, 0.25) is 0 Å². The molecule has 0 bridgehead atoms. The Labute approximate surface area is 157 Å². The molecule has 8 heteroatoms. The number of aromatic nitrogens is 4. The lowest BCUT2D eigenvalue weighted by Gasteiger charge is -2.09. The molecule has 27 heavy (non-hydrogen) atoms. The highest BCUT2D eigenvalue weighted by Crippen LogP contribution is 2.23. The summed E-state index contributed by atoms with van der Waals surface area (Å²) in [5.74, 6) is 0.856. The molecule has 138 valence electrons. The van der Waals surface area contributed by atoms with Crippen LogP contribution in [-0.4, -0.2) is 32.6 Å². The molecule has 0 atom stereocenters. The molecule has 1 N–H and O–H groups in total. The molecular formula is C19H20N6O2. The van der Waals surface area contributed by atoms with Crippen LogP contribution in [0.3, 0.4) is 0 Å². The summed E-state index contributed by atoms with van der Waals surface area (Å²) >= 11 is 0. The van der Waals surface area contributed by atoms with Gasteiger partial charge in [0.05, 0.1) is 31.8 Å². The average Bonchev–Trinajstić information content (AvgIpc) is 3.27. The Morgan fingerprint density at radius 2 is 2.07 bits per heavy atom. The van der Waals surface area contributed by atoms with E-state index < -0.39 is 0 Å². The van der Waals surface area contributed by atoms with E-state index in [1.807, 2.05) is 32.0 Å². The Kier molecular flexibility index (Phi) is 5.22. The van der Waals surface area contributed by atoms with Crippen molar-refractivity contribution in [3.63, 3.8) is 0 Å². The largest absolute Gasteiger partial charge is 0.494 e. The number of ether oxygens (including phenoxy) is 1. The molecule has 2 aromatic heterocycles. The number of benzene rings is 1. The van der Waals surface area contributed by atoms with Crippen LogP contribution in [0.2, 0.25) is 0 Å². The zero-order chi connectivity index (χ0) is 19.4. The zero-order valence-electron chi connectivity index (χ0n) is 15.4. The quantitative estimate of drug-likeness (QED) is 0.725. The van der Waals surface area contributed by atoms with E-state index in [0.717, 1.165) is 16.9 Å². The second-order valence-corrected chi connectivity index (χ2v) is 6.08. The SMILES string of the molecule is COc1ccc(C)cc1-n1ccc(C(=O)Nc2cc(C)nn2CCC#N)n1. The number of nitriles is 1. The molecule has 3 aromatic rings. The molecule has 0 aliphatic rings. The maximum atomic E-state index is 12.6. The van der Waals surface area contributed by atoms with Gasteiger partial charge < -0.3 is 10.1 Å². The number of aryl methyl sites for hydroxylation is 3. The van der Waals surface area contributed by atoms with E-state index in [-0.39, 0.29) is 11.6 Å². The molecule has 0 aliphatic heterocycles. The first-order chi connectivity index (χ1) is 13.0. The summed E-state index contributed by atoms with van der Waals surface area (Å²) in [6.07, 6.45) is 2.02. The van der Waals surface area contributed by atoms with Crippen molar-refractivity contribution in [2.45, 2.75) is 26.8 Å². The number of rotatable bonds is 6. The first kappa shape index (κ1) is 18.2. The van der Waals surface area contributed by atoms with E-state index in [2.05, 4.69) is 21.6 Å². The van der Waals surface area contributed by atoms with Gasteiger partial charge in [-0.25, -0.2) is 9.36 Å². The summed E-state index contributed by atoms with van der Waals surface area (Å²) in [5, 5.41) is 20.2. The van der Waals surface area contributed by atoms with Crippen molar-refractivity contribution < 1.29 is 9.53 Å². The van der Waals surface area contributed by atoms with Gasteiger partial charge >= 0.3 is 0 Å². The number of methoxy groups -OCH3 is 1. The van der Waals surface area contributed by atoms with Gasteiger partial charge in [-0.15, -0.1) is 0 Å². The predicted molar refractivity (Wildman–Crippen MR) is 100 cm³/mol. The number of anilines is 1. The summed E-state index contributed by atoms with van der Waals surface area (Å²) in [6, 6.07) is 11.2. The second kappa shape index (κ2) is 7.74. The lowest BCUT2D eigenvalue weighted by molar-refractivity contribution is 0.102. The van der Waals surface area contributed by atoms with E-state index in [1.54, 1.807) is 34.8 Å². The minimum Gasteiger partial charge on any atom is -0.494 e. The number of hydrogen-bond acceptors (Lipinski definition) is 5. The Balaban J connectivity index is 1.82.